The minimum atomic E-state index is -0.802. The molecule has 7 nitrogen and oxygen atoms in total. The lowest BCUT2D eigenvalue weighted by molar-refractivity contribution is -0.153. The Labute approximate surface area is 206 Å². The summed E-state index contributed by atoms with van der Waals surface area (Å²) in [5.74, 6) is -0.787. The number of nitrogens with one attached hydrogen (secondary N) is 1. The summed E-state index contributed by atoms with van der Waals surface area (Å²) in [6.07, 6.45) is 1.51. The van der Waals surface area contributed by atoms with Gasteiger partial charge in [0.05, 0.1) is 5.41 Å². The highest BCUT2D eigenvalue weighted by Crippen LogP contribution is 2.44. The van der Waals surface area contributed by atoms with Crippen molar-refractivity contribution in [2.75, 3.05) is 26.2 Å². The molecular formula is C28H34N2O5. The molecule has 35 heavy (non-hydrogen) atoms. The van der Waals surface area contributed by atoms with E-state index in [0.29, 0.717) is 38.9 Å². The summed E-state index contributed by atoms with van der Waals surface area (Å²) in [5, 5.41) is 12.2. The normalized spacial score (nSPS) is 17.3. The first-order chi connectivity index (χ1) is 16.8. The molecule has 0 saturated carbocycles. The van der Waals surface area contributed by atoms with E-state index in [1.54, 1.807) is 11.8 Å². The van der Waals surface area contributed by atoms with Gasteiger partial charge in [-0.3, -0.25) is 9.59 Å². The number of benzene rings is 2. The number of carbonyl (C=O) groups is 3. The van der Waals surface area contributed by atoms with Gasteiger partial charge in [0.25, 0.3) is 0 Å². The molecule has 1 unspecified atom stereocenters. The maximum absolute atomic E-state index is 12.8. The summed E-state index contributed by atoms with van der Waals surface area (Å²) in [4.78, 5) is 38.4. The number of carbonyl (C=O) groups excluding carboxylic acids is 2. The number of amides is 2. The Morgan fingerprint density at radius 1 is 1.06 bits per heavy atom. The van der Waals surface area contributed by atoms with Gasteiger partial charge < -0.3 is 20.1 Å². The average Bonchev–Trinajstić information content (AvgIpc) is 3.19. The molecule has 2 N–H and O–H groups in total. The number of carboxylic acids is 1. The molecule has 2 aromatic rings. The third kappa shape index (κ3) is 5.34. The number of alkyl carbamates (subject to hydrolysis) is 1. The maximum Gasteiger partial charge on any atom is 0.407 e. The molecule has 4 rings (SSSR count). The predicted octanol–water partition coefficient (Wildman–Crippen LogP) is 4.65. The molecule has 1 atom stereocenters. The van der Waals surface area contributed by atoms with Crippen molar-refractivity contribution in [3.05, 3.63) is 59.7 Å². The summed E-state index contributed by atoms with van der Waals surface area (Å²) < 4.78 is 5.60. The first-order valence-corrected chi connectivity index (χ1v) is 12.4. The van der Waals surface area contributed by atoms with E-state index in [-0.39, 0.29) is 24.3 Å². The van der Waals surface area contributed by atoms with Crippen molar-refractivity contribution in [3.63, 3.8) is 0 Å². The van der Waals surface area contributed by atoms with E-state index >= 15 is 0 Å². The predicted molar refractivity (Wildman–Crippen MR) is 133 cm³/mol. The lowest BCUT2D eigenvalue weighted by Crippen LogP contribution is -2.46. The third-order valence-corrected chi connectivity index (χ3v) is 7.66. The smallest absolute Gasteiger partial charge is 0.407 e. The summed E-state index contributed by atoms with van der Waals surface area (Å²) in [5.41, 5.74) is 3.94. The van der Waals surface area contributed by atoms with Crippen LogP contribution in [0.4, 0.5) is 4.79 Å². The standard InChI is InChI=1S/C28H34N2O5/c1-3-19(16-25(31)30-14-12-28(2,13-15-30)26(32)33)17-29-27(34)35-18-24-22-10-6-4-8-20(22)21-9-5-7-11-23(21)24/h4-11,19,24H,3,12-18H2,1-2H3,(H,29,34)(H,32,33). The van der Waals surface area contributed by atoms with Gasteiger partial charge in [-0.1, -0.05) is 61.9 Å². The van der Waals surface area contributed by atoms with E-state index in [4.69, 9.17) is 4.74 Å². The fourth-order valence-corrected chi connectivity index (χ4v) is 5.08. The second kappa shape index (κ2) is 10.5. The highest BCUT2D eigenvalue weighted by molar-refractivity contribution is 5.79. The highest BCUT2D eigenvalue weighted by Gasteiger charge is 2.38. The van der Waals surface area contributed by atoms with Gasteiger partial charge in [-0.15, -0.1) is 0 Å². The molecule has 1 aliphatic carbocycles. The first kappa shape index (κ1) is 24.8. The number of rotatable bonds is 8. The van der Waals surface area contributed by atoms with Gasteiger partial charge >= 0.3 is 12.1 Å². The number of nitrogens with zero attached hydrogens (tertiary/aromatic N) is 1. The zero-order valence-corrected chi connectivity index (χ0v) is 20.5. The SMILES string of the molecule is CCC(CNC(=O)OCC1c2ccccc2-c2ccccc21)CC(=O)N1CCC(C)(C(=O)O)CC1. The van der Waals surface area contributed by atoms with Crippen molar-refractivity contribution in [2.24, 2.45) is 11.3 Å². The van der Waals surface area contributed by atoms with E-state index in [1.165, 1.54) is 22.3 Å². The van der Waals surface area contributed by atoms with E-state index in [1.807, 2.05) is 31.2 Å². The van der Waals surface area contributed by atoms with Crippen LogP contribution < -0.4 is 5.32 Å². The molecule has 2 aromatic carbocycles. The molecule has 1 fully saturated rings. The first-order valence-electron chi connectivity index (χ1n) is 12.4. The number of aliphatic carboxylic acids is 1. The molecular weight excluding hydrogens is 444 g/mol. The summed E-state index contributed by atoms with van der Waals surface area (Å²) in [6.45, 7) is 5.26. The molecule has 2 amide bonds. The van der Waals surface area contributed by atoms with Gasteiger partial charge in [-0.05, 0) is 47.9 Å². The molecule has 0 bridgehead atoms. The number of piperidine rings is 1. The fourth-order valence-electron chi connectivity index (χ4n) is 5.08. The van der Waals surface area contributed by atoms with Crippen molar-refractivity contribution < 1.29 is 24.2 Å². The lowest BCUT2D eigenvalue weighted by Gasteiger charge is -2.37. The van der Waals surface area contributed by atoms with E-state index < -0.39 is 17.5 Å². The third-order valence-electron chi connectivity index (χ3n) is 7.66. The van der Waals surface area contributed by atoms with Gasteiger partial charge in [0, 0.05) is 32.0 Å². The largest absolute Gasteiger partial charge is 0.481 e. The Bertz CT molecular complexity index is 1040. The van der Waals surface area contributed by atoms with Crippen molar-refractivity contribution in [1.82, 2.24) is 10.2 Å². The molecule has 0 radical (unpaired) electrons. The zero-order valence-electron chi connectivity index (χ0n) is 20.5. The molecule has 0 spiro atoms. The lowest BCUT2D eigenvalue weighted by atomic mass is 9.80. The van der Waals surface area contributed by atoms with Crippen LogP contribution in [-0.2, 0) is 14.3 Å². The monoisotopic (exact) mass is 478 g/mol. The minimum Gasteiger partial charge on any atom is -0.481 e. The molecule has 2 aliphatic rings. The van der Waals surface area contributed by atoms with Crippen molar-refractivity contribution in [3.8, 4) is 11.1 Å². The highest BCUT2D eigenvalue weighted by atomic mass is 16.5. The number of ether oxygens (including phenoxy) is 1. The Kier molecular flexibility index (Phi) is 7.43. The van der Waals surface area contributed by atoms with Crippen molar-refractivity contribution >= 4 is 18.0 Å². The topological polar surface area (TPSA) is 95.9 Å². The second-order valence-corrected chi connectivity index (χ2v) is 9.93. The van der Waals surface area contributed by atoms with Crippen LogP contribution in [0, 0.1) is 11.3 Å². The second-order valence-electron chi connectivity index (χ2n) is 9.93. The van der Waals surface area contributed by atoms with Crippen molar-refractivity contribution in [2.45, 2.75) is 45.4 Å². The van der Waals surface area contributed by atoms with E-state index in [2.05, 4.69) is 29.6 Å². The molecule has 1 heterocycles. The van der Waals surface area contributed by atoms with Gasteiger partial charge in [-0.25, -0.2) is 4.79 Å². The zero-order chi connectivity index (χ0) is 25.0. The number of carboxylic acid groups (broad SMARTS) is 1. The molecule has 0 aromatic heterocycles. The van der Waals surface area contributed by atoms with Crippen LogP contribution >= 0.6 is 0 Å². The average molecular weight is 479 g/mol. The Balaban J connectivity index is 1.25. The van der Waals surface area contributed by atoms with Crippen LogP contribution in [-0.4, -0.2) is 54.2 Å². The summed E-state index contributed by atoms with van der Waals surface area (Å²) >= 11 is 0. The Hall–Kier alpha value is -3.35. The summed E-state index contributed by atoms with van der Waals surface area (Å²) in [7, 11) is 0. The van der Waals surface area contributed by atoms with Gasteiger partial charge in [0.1, 0.15) is 6.61 Å². The van der Waals surface area contributed by atoms with Crippen LogP contribution in [0.2, 0.25) is 0 Å². The fraction of sp³-hybridized carbons (Fsp3) is 0.464. The van der Waals surface area contributed by atoms with Gasteiger partial charge in [0.15, 0.2) is 0 Å². The number of likely N-dealkylation sites (tertiary alicyclic amines) is 1. The summed E-state index contributed by atoms with van der Waals surface area (Å²) in [6, 6.07) is 16.4. The molecule has 1 saturated heterocycles. The number of hydrogen-bond acceptors (Lipinski definition) is 4. The molecule has 1 aliphatic heterocycles. The molecule has 186 valence electrons. The van der Waals surface area contributed by atoms with E-state index in [9.17, 15) is 19.5 Å². The maximum atomic E-state index is 12.8. The van der Waals surface area contributed by atoms with Crippen molar-refractivity contribution in [1.29, 1.82) is 0 Å². The Morgan fingerprint density at radius 2 is 1.63 bits per heavy atom. The van der Waals surface area contributed by atoms with Gasteiger partial charge in [0.2, 0.25) is 5.91 Å². The van der Waals surface area contributed by atoms with Crippen LogP contribution in [0.5, 0.6) is 0 Å². The Morgan fingerprint density at radius 3 is 2.17 bits per heavy atom. The number of fused-ring (bicyclic) bond motifs is 3. The van der Waals surface area contributed by atoms with Crippen LogP contribution in [0.3, 0.4) is 0 Å². The van der Waals surface area contributed by atoms with Gasteiger partial charge in [-0.2, -0.15) is 0 Å². The van der Waals surface area contributed by atoms with E-state index in [0.717, 1.165) is 6.42 Å². The molecule has 7 heteroatoms. The quantitative estimate of drug-likeness (QED) is 0.576. The van der Waals surface area contributed by atoms with Crippen LogP contribution in [0.25, 0.3) is 11.1 Å². The minimum absolute atomic E-state index is 0.00392. The van der Waals surface area contributed by atoms with Crippen LogP contribution in [0.15, 0.2) is 48.5 Å². The van der Waals surface area contributed by atoms with Crippen LogP contribution in [0.1, 0.15) is 56.6 Å². The number of hydrogen-bond donors (Lipinski definition) is 2.